The Balaban J connectivity index is 0.00000263. The van der Waals surface area contributed by atoms with Crippen LogP contribution in [0.25, 0.3) is 88.3 Å². The third kappa shape index (κ3) is 7.56. The van der Waals surface area contributed by atoms with Gasteiger partial charge in [0, 0.05) is 0 Å². The Bertz CT molecular complexity index is 3320. The molecule has 2 aliphatic rings. The quantitative estimate of drug-likeness (QED) is 0.156. The van der Waals surface area contributed by atoms with Crippen molar-refractivity contribution in [3.8, 4) is 66.8 Å². The summed E-state index contributed by atoms with van der Waals surface area (Å²) < 4.78 is 0.696. The molecule has 0 nitrogen and oxygen atoms in total. The maximum Gasteiger partial charge on any atom is -1.00 e. The van der Waals surface area contributed by atoms with Crippen LogP contribution in [-0.4, -0.2) is 0 Å². The van der Waals surface area contributed by atoms with Gasteiger partial charge in [0.1, 0.15) is 0 Å². The van der Waals surface area contributed by atoms with Crippen LogP contribution in [-0.2, 0) is 23.2 Å². The van der Waals surface area contributed by atoms with Gasteiger partial charge in [-0.05, 0) is 0 Å². The minimum absolute atomic E-state index is 0. The molecule has 0 saturated heterocycles. The van der Waals surface area contributed by atoms with Gasteiger partial charge >= 0.3 is 398 Å². The van der Waals surface area contributed by atoms with E-state index in [2.05, 4.69) is 224 Å². The Morgan fingerprint density at radius 2 is 0.612 bits per heavy atom. The molecule has 0 amide bonds. The second-order valence-electron chi connectivity index (χ2n) is 18.8. The van der Waals surface area contributed by atoms with Crippen molar-refractivity contribution in [2.75, 3.05) is 0 Å². The summed E-state index contributed by atoms with van der Waals surface area (Å²) in [4.78, 5) is 0. The molecule has 0 aliphatic heterocycles. The first kappa shape index (κ1) is 45.0. The molecule has 12 rings (SSSR count). The predicted molar refractivity (Wildman–Crippen MR) is 273 cm³/mol. The van der Waals surface area contributed by atoms with Gasteiger partial charge in [0.05, 0.1) is 0 Å². The Morgan fingerprint density at radius 1 is 0.299 bits per heavy atom. The fourth-order valence-electron chi connectivity index (χ4n) is 11.9. The summed E-state index contributed by atoms with van der Waals surface area (Å²) in [5.74, 6) is 0. The van der Waals surface area contributed by atoms with E-state index in [0.29, 0.717) is 7.25 Å². The van der Waals surface area contributed by atoms with Gasteiger partial charge in [-0.2, -0.15) is 0 Å². The molecular formula is C64H50Cl2Zr. The van der Waals surface area contributed by atoms with E-state index in [0.717, 1.165) is 0 Å². The normalized spacial score (nSPS) is 12.5. The molecule has 0 aromatic heterocycles. The minimum Gasteiger partial charge on any atom is -1.00 e. The van der Waals surface area contributed by atoms with Crippen LogP contribution in [0.3, 0.4) is 0 Å². The van der Waals surface area contributed by atoms with Gasteiger partial charge in [0.2, 0.25) is 0 Å². The zero-order chi connectivity index (χ0) is 44.1. The molecule has 67 heavy (non-hydrogen) atoms. The SMILES string of the molecule is Cc1cc(C)c(-c2ccc3c(c2)[CH]([Zr+2][CH]2c4cc(-c5cccc6ccccc56)ccc4-c4ccc(-c5cccc6ccccc56)cc42)c2cc(-c4c(C)cc(C)cc4C)ccc2-3)c(C)c1.[Cl-].[Cl-]. The third-order valence-corrected chi connectivity index (χ3v) is 19.2. The first-order valence-electron chi connectivity index (χ1n) is 23.1. The monoisotopic (exact) mass is 978 g/mol. The Labute approximate surface area is 419 Å². The second kappa shape index (κ2) is 17.7. The maximum atomic E-state index is 2.60. The van der Waals surface area contributed by atoms with Crippen molar-refractivity contribution in [1.29, 1.82) is 0 Å². The molecule has 10 aromatic carbocycles. The number of aryl methyl sites for hydroxylation is 6. The van der Waals surface area contributed by atoms with E-state index in [4.69, 9.17) is 0 Å². The molecule has 0 atom stereocenters. The van der Waals surface area contributed by atoms with E-state index in [1.54, 1.807) is 0 Å². The molecule has 0 N–H and O–H groups in total. The first-order chi connectivity index (χ1) is 31.7. The van der Waals surface area contributed by atoms with Gasteiger partial charge < -0.3 is 24.8 Å². The van der Waals surface area contributed by atoms with Crippen LogP contribution in [0.5, 0.6) is 0 Å². The largest absolute Gasteiger partial charge is 1.00 e. The van der Waals surface area contributed by atoms with Crippen LogP contribution in [0.1, 0.15) is 62.9 Å². The summed E-state index contributed by atoms with van der Waals surface area (Å²) in [6, 6.07) is 70.4. The average molecular weight is 981 g/mol. The molecule has 0 heterocycles. The van der Waals surface area contributed by atoms with Crippen LogP contribution >= 0.6 is 0 Å². The molecule has 0 radical (unpaired) electrons. The summed E-state index contributed by atoms with van der Waals surface area (Å²) in [6.45, 7) is 13.6. The van der Waals surface area contributed by atoms with E-state index in [1.165, 1.54) is 144 Å². The maximum absolute atomic E-state index is 2.60. The van der Waals surface area contributed by atoms with E-state index in [9.17, 15) is 0 Å². The summed E-state index contributed by atoms with van der Waals surface area (Å²) in [5.41, 5.74) is 30.4. The molecule has 0 unspecified atom stereocenters. The fraction of sp³-hybridized carbons (Fsp3) is 0.125. The molecule has 3 heteroatoms. The molecule has 324 valence electrons. The van der Waals surface area contributed by atoms with Crippen LogP contribution < -0.4 is 24.8 Å². The Hall–Kier alpha value is -5.82. The van der Waals surface area contributed by atoms with E-state index in [-0.39, 0.29) is 24.8 Å². The summed E-state index contributed by atoms with van der Waals surface area (Å²) >= 11 is -1.42. The van der Waals surface area contributed by atoms with Crippen molar-refractivity contribution >= 4 is 21.5 Å². The number of rotatable bonds is 6. The molecular weight excluding hydrogens is 931 g/mol. The van der Waals surface area contributed by atoms with Crippen LogP contribution in [0.15, 0.2) is 182 Å². The van der Waals surface area contributed by atoms with Crippen molar-refractivity contribution in [2.45, 2.75) is 48.8 Å². The molecule has 10 aromatic rings. The first-order valence-corrected chi connectivity index (χ1v) is 26.0. The fourth-order valence-corrected chi connectivity index (χ4v) is 16.9. The number of benzene rings is 10. The van der Waals surface area contributed by atoms with Gasteiger partial charge in [-0.1, -0.05) is 0 Å². The summed E-state index contributed by atoms with van der Waals surface area (Å²) in [7, 11) is 0. The average Bonchev–Trinajstić information content (AvgIpc) is 3.78. The van der Waals surface area contributed by atoms with Crippen molar-refractivity contribution in [3.05, 3.63) is 238 Å². The van der Waals surface area contributed by atoms with E-state index in [1.807, 2.05) is 0 Å². The van der Waals surface area contributed by atoms with Crippen molar-refractivity contribution in [1.82, 2.24) is 0 Å². The van der Waals surface area contributed by atoms with Gasteiger partial charge in [0.25, 0.3) is 0 Å². The number of fused-ring (bicyclic) bond motifs is 8. The second-order valence-corrected chi connectivity index (χ2v) is 22.5. The summed E-state index contributed by atoms with van der Waals surface area (Å²) in [6.07, 6.45) is 0. The number of halogens is 2. The minimum atomic E-state index is -1.42. The number of hydrogen-bond acceptors (Lipinski definition) is 0. The van der Waals surface area contributed by atoms with E-state index >= 15 is 0 Å². The molecule has 0 bridgehead atoms. The van der Waals surface area contributed by atoms with Crippen molar-refractivity contribution in [2.24, 2.45) is 0 Å². The van der Waals surface area contributed by atoms with Crippen LogP contribution in [0, 0.1) is 41.5 Å². The van der Waals surface area contributed by atoms with Gasteiger partial charge in [-0.15, -0.1) is 0 Å². The van der Waals surface area contributed by atoms with Crippen LogP contribution in [0.2, 0.25) is 0 Å². The van der Waals surface area contributed by atoms with Gasteiger partial charge in [0.15, 0.2) is 0 Å². The van der Waals surface area contributed by atoms with Gasteiger partial charge in [-0.3, -0.25) is 0 Å². The smallest absolute Gasteiger partial charge is 1.00 e. The zero-order valence-electron chi connectivity index (χ0n) is 38.7. The standard InChI is InChI=1S/C33H21.C31H29.2ClH.Zr/c1-3-11-28-22(7-1)9-5-13-30(28)24-15-17-32-26(19-24)21-27-20-25(16-18-33(27)32)31-14-6-10-23-8-2-4-12-29(23)31;1-18-11-20(3)30(21(4)12-18)24-7-9-28-26(15-24)17-27-16-25(8-10-29(27)28)31-22(5)13-19(2)14-23(31)6;;;/h1-21H;7-17H,1-6H3;2*1H;/q;;;;+2/p-2. The molecule has 2 aliphatic carbocycles. The van der Waals surface area contributed by atoms with Crippen LogP contribution in [0.4, 0.5) is 0 Å². The Morgan fingerprint density at radius 3 is 0.985 bits per heavy atom. The molecule has 0 spiro atoms. The summed E-state index contributed by atoms with van der Waals surface area (Å²) in [5, 5.41) is 5.18. The predicted octanol–water partition coefficient (Wildman–Crippen LogP) is 11.4. The zero-order valence-corrected chi connectivity index (χ0v) is 42.7. The molecule has 0 saturated carbocycles. The number of hydrogen-bond donors (Lipinski definition) is 0. The van der Waals surface area contributed by atoms with Crippen molar-refractivity contribution in [3.63, 3.8) is 0 Å². The van der Waals surface area contributed by atoms with Crippen molar-refractivity contribution < 1.29 is 48.0 Å². The molecule has 0 fully saturated rings. The Kier molecular flexibility index (Phi) is 11.9. The van der Waals surface area contributed by atoms with E-state index < -0.39 is 23.2 Å². The van der Waals surface area contributed by atoms with Gasteiger partial charge in [-0.25, -0.2) is 0 Å². The third-order valence-electron chi connectivity index (χ3n) is 14.5. The topological polar surface area (TPSA) is 0 Å².